The summed E-state index contributed by atoms with van der Waals surface area (Å²) in [5.41, 5.74) is 2.38. The lowest BCUT2D eigenvalue weighted by atomic mass is 10.1. The van der Waals surface area contributed by atoms with Gasteiger partial charge in [-0.1, -0.05) is 42.1 Å². The largest absolute Gasteiger partial charge is 0.325 e. The summed E-state index contributed by atoms with van der Waals surface area (Å²) in [5.74, 6) is -2.00. The molecule has 0 spiro atoms. The number of nitrogens with one attached hydrogen (secondary N) is 1. The van der Waals surface area contributed by atoms with Crippen molar-refractivity contribution in [3.8, 4) is 5.69 Å². The van der Waals surface area contributed by atoms with Crippen LogP contribution in [0.1, 0.15) is 11.1 Å². The third-order valence-corrected chi connectivity index (χ3v) is 5.91. The quantitative estimate of drug-likeness (QED) is 0.342. The van der Waals surface area contributed by atoms with Crippen molar-refractivity contribution in [1.82, 2.24) is 9.55 Å². The van der Waals surface area contributed by atoms with Crippen molar-refractivity contribution in [3.63, 3.8) is 0 Å². The lowest BCUT2D eigenvalue weighted by molar-refractivity contribution is -0.113. The van der Waals surface area contributed by atoms with Crippen molar-refractivity contribution < 1.29 is 13.6 Å². The second-order valence-corrected chi connectivity index (χ2v) is 8.19. The summed E-state index contributed by atoms with van der Waals surface area (Å²) in [7, 11) is 0. The summed E-state index contributed by atoms with van der Waals surface area (Å²) < 4.78 is 29.1. The number of halogens is 2. The molecule has 5 nitrogen and oxygen atoms in total. The molecule has 1 aromatic heterocycles. The van der Waals surface area contributed by atoms with Crippen molar-refractivity contribution >= 4 is 34.3 Å². The van der Waals surface area contributed by atoms with Gasteiger partial charge >= 0.3 is 0 Å². The molecule has 0 fully saturated rings. The van der Waals surface area contributed by atoms with Crippen molar-refractivity contribution in [3.05, 3.63) is 93.8 Å². The van der Waals surface area contributed by atoms with Crippen LogP contribution in [-0.4, -0.2) is 21.2 Å². The molecule has 1 amide bonds. The zero-order chi connectivity index (χ0) is 22.8. The predicted molar refractivity (Wildman–Crippen MR) is 123 cm³/mol. The maximum atomic E-state index is 14.6. The summed E-state index contributed by atoms with van der Waals surface area (Å²) in [6.45, 7) is 3.80. The van der Waals surface area contributed by atoms with E-state index in [0.717, 1.165) is 39.2 Å². The smallest absolute Gasteiger partial charge is 0.266 e. The van der Waals surface area contributed by atoms with Crippen LogP contribution >= 0.6 is 11.8 Å². The Balaban J connectivity index is 1.71. The van der Waals surface area contributed by atoms with Gasteiger partial charge in [-0.05, 0) is 49.2 Å². The minimum Gasteiger partial charge on any atom is -0.325 e. The van der Waals surface area contributed by atoms with Crippen LogP contribution in [0.15, 0.2) is 70.6 Å². The number of thioether (sulfide) groups is 1. The van der Waals surface area contributed by atoms with Crippen LogP contribution in [0.25, 0.3) is 16.6 Å². The molecule has 0 saturated carbocycles. The van der Waals surface area contributed by atoms with Gasteiger partial charge in [0, 0.05) is 11.8 Å². The van der Waals surface area contributed by atoms with E-state index in [2.05, 4.69) is 10.3 Å². The molecule has 4 aromatic rings. The highest BCUT2D eigenvalue weighted by molar-refractivity contribution is 7.99. The van der Waals surface area contributed by atoms with Crippen molar-refractivity contribution in [2.75, 3.05) is 11.1 Å². The first kappa shape index (κ1) is 21.7. The van der Waals surface area contributed by atoms with Crippen molar-refractivity contribution in [1.29, 1.82) is 0 Å². The maximum absolute atomic E-state index is 14.6. The number of nitrogens with zero attached hydrogens (tertiary/aromatic N) is 2. The van der Waals surface area contributed by atoms with E-state index < -0.39 is 17.2 Å². The number of hydrogen-bond acceptors (Lipinski definition) is 4. The molecule has 1 N–H and O–H groups in total. The van der Waals surface area contributed by atoms with Crippen LogP contribution < -0.4 is 10.9 Å². The second kappa shape index (κ2) is 8.92. The van der Waals surface area contributed by atoms with Crippen LogP contribution in [0.4, 0.5) is 14.5 Å². The SMILES string of the molecule is Cc1cccc(C)c1NC(=O)CSc1nc2ccccc2c(=O)n1-c1ccc(F)cc1F. The van der Waals surface area contributed by atoms with E-state index in [1.54, 1.807) is 24.3 Å². The van der Waals surface area contributed by atoms with Gasteiger partial charge in [0.2, 0.25) is 5.91 Å². The lowest BCUT2D eigenvalue weighted by Gasteiger charge is -2.15. The van der Waals surface area contributed by atoms with Crippen LogP contribution in [0.3, 0.4) is 0 Å². The number of para-hydroxylation sites is 2. The Morgan fingerprint density at radius 1 is 1.03 bits per heavy atom. The maximum Gasteiger partial charge on any atom is 0.266 e. The average molecular weight is 451 g/mol. The predicted octanol–water partition coefficient (Wildman–Crippen LogP) is 5.01. The molecule has 1 heterocycles. The molecule has 32 heavy (non-hydrogen) atoms. The monoisotopic (exact) mass is 451 g/mol. The number of benzene rings is 3. The number of carbonyl (C=O) groups excluding carboxylic acids is 1. The first-order chi connectivity index (χ1) is 15.3. The molecular weight excluding hydrogens is 432 g/mol. The third kappa shape index (κ3) is 4.27. The summed E-state index contributed by atoms with van der Waals surface area (Å²) in [5, 5.41) is 3.31. The minimum atomic E-state index is -0.897. The Morgan fingerprint density at radius 3 is 2.47 bits per heavy atom. The van der Waals surface area contributed by atoms with Gasteiger partial charge in [-0.15, -0.1) is 0 Å². The molecular formula is C24H19F2N3O2S. The number of fused-ring (bicyclic) bond motifs is 1. The third-order valence-electron chi connectivity index (χ3n) is 4.97. The van der Waals surface area contributed by atoms with Crippen LogP contribution in [0.5, 0.6) is 0 Å². The number of carbonyl (C=O) groups is 1. The zero-order valence-corrected chi connectivity index (χ0v) is 18.2. The van der Waals surface area contributed by atoms with Crippen LogP contribution in [0.2, 0.25) is 0 Å². The number of aryl methyl sites for hydroxylation is 2. The Bertz CT molecular complexity index is 1380. The zero-order valence-electron chi connectivity index (χ0n) is 17.4. The normalized spacial score (nSPS) is 11.0. The molecule has 0 radical (unpaired) electrons. The van der Waals surface area contributed by atoms with Gasteiger partial charge in [-0.2, -0.15) is 0 Å². The highest BCUT2D eigenvalue weighted by Gasteiger charge is 2.18. The Labute approximate surface area is 187 Å². The number of anilines is 1. The first-order valence-electron chi connectivity index (χ1n) is 9.81. The molecule has 4 rings (SSSR count). The summed E-state index contributed by atoms with van der Waals surface area (Å²) in [6, 6.07) is 15.3. The molecule has 162 valence electrons. The molecule has 8 heteroatoms. The fourth-order valence-electron chi connectivity index (χ4n) is 3.40. The van der Waals surface area contributed by atoms with E-state index in [-0.39, 0.29) is 22.5 Å². The van der Waals surface area contributed by atoms with E-state index in [0.29, 0.717) is 17.0 Å². The van der Waals surface area contributed by atoms with E-state index in [4.69, 9.17) is 0 Å². The molecule has 0 atom stereocenters. The molecule has 0 aliphatic rings. The molecule has 0 bridgehead atoms. The molecule has 0 unspecified atom stereocenters. The Kier molecular flexibility index (Phi) is 6.05. The van der Waals surface area contributed by atoms with Crippen LogP contribution in [-0.2, 0) is 4.79 Å². The van der Waals surface area contributed by atoms with E-state index in [9.17, 15) is 18.4 Å². The summed E-state index contributed by atoms with van der Waals surface area (Å²) in [6.07, 6.45) is 0. The number of rotatable bonds is 5. The van der Waals surface area contributed by atoms with Crippen molar-refractivity contribution in [2.45, 2.75) is 19.0 Å². The molecule has 3 aromatic carbocycles. The fourth-order valence-corrected chi connectivity index (χ4v) is 4.21. The topological polar surface area (TPSA) is 64.0 Å². The number of aromatic nitrogens is 2. The van der Waals surface area contributed by atoms with E-state index in [1.807, 2.05) is 32.0 Å². The molecule has 0 aliphatic heterocycles. The Morgan fingerprint density at radius 2 is 1.75 bits per heavy atom. The van der Waals surface area contributed by atoms with Gasteiger partial charge in [0.1, 0.15) is 11.6 Å². The van der Waals surface area contributed by atoms with Crippen molar-refractivity contribution in [2.24, 2.45) is 0 Å². The van der Waals surface area contributed by atoms with E-state index >= 15 is 0 Å². The van der Waals surface area contributed by atoms with Gasteiger partial charge in [0.25, 0.3) is 5.56 Å². The highest BCUT2D eigenvalue weighted by atomic mass is 32.2. The number of amides is 1. The van der Waals surface area contributed by atoms with Gasteiger partial charge < -0.3 is 5.32 Å². The van der Waals surface area contributed by atoms with E-state index in [1.165, 1.54) is 6.07 Å². The standard InChI is InChI=1S/C24H19F2N3O2S/c1-14-6-5-7-15(2)22(14)28-21(30)13-32-24-27-19-9-4-3-8-17(19)23(31)29(24)20-11-10-16(25)12-18(20)26/h3-12H,13H2,1-2H3,(H,28,30). The average Bonchev–Trinajstić information content (AvgIpc) is 2.76. The van der Waals surface area contributed by atoms with Gasteiger partial charge in [0.05, 0.1) is 22.3 Å². The summed E-state index contributed by atoms with van der Waals surface area (Å²) >= 11 is 1.00. The van der Waals surface area contributed by atoms with Gasteiger partial charge in [-0.3, -0.25) is 14.2 Å². The number of hydrogen-bond donors (Lipinski definition) is 1. The molecule has 0 saturated heterocycles. The summed E-state index contributed by atoms with van der Waals surface area (Å²) in [4.78, 5) is 30.3. The molecule has 0 aliphatic carbocycles. The van der Waals surface area contributed by atoms with Gasteiger partial charge in [-0.25, -0.2) is 13.8 Å². The second-order valence-electron chi connectivity index (χ2n) is 7.25. The Hall–Kier alpha value is -3.52. The van der Waals surface area contributed by atoms with Crippen LogP contribution in [0, 0.1) is 25.5 Å². The first-order valence-corrected chi connectivity index (χ1v) is 10.8. The van der Waals surface area contributed by atoms with Gasteiger partial charge in [0.15, 0.2) is 5.16 Å². The minimum absolute atomic E-state index is 0.0542. The fraction of sp³-hybridized carbons (Fsp3) is 0.125. The lowest BCUT2D eigenvalue weighted by Crippen LogP contribution is -2.24. The highest BCUT2D eigenvalue weighted by Crippen LogP contribution is 2.24.